The van der Waals surface area contributed by atoms with Gasteiger partial charge in [0.2, 0.25) is 11.8 Å². The molecule has 0 spiro atoms. The van der Waals surface area contributed by atoms with Crippen LogP contribution in [0.1, 0.15) is 116 Å². The summed E-state index contributed by atoms with van der Waals surface area (Å²) in [7, 11) is 0. The number of nitrogens with zero attached hydrogens (tertiary/aromatic N) is 8. The van der Waals surface area contributed by atoms with Crippen LogP contribution in [0.4, 0.5) is 43.9 Å². The van der Waals surface area contributed by atoms with Crippen molar-refractivity contribution in [2.24, 2.45) is 10.8 Å². The number of fused-ring (bicyclic) bond motifs is 2. The predicted octanol–water partition coefficient (Wildman–Crippen LogP) is 14.8. The maximum atomic E-state index is 15.6. The van der Waals surface area contributed by atoms with Gasteiger partial charge in [0.15, 0.2) is 11.6 Å². The van der Waals surface area contributed by atoms with Crippen LogP contribution in [-0.4, -0.2) is 87.6 Å². The average Bonchev–Trinajstić information content (AvgIpc) is 1.60. The highest BCUT2D eigenvalue weighted by Crippen LogP contribution is 2.43. The van der Waals surface area contributed by atoms with Crippen molar-refractivity contribution in [3.63, 3.8) is 0 Å². The molecule has 8 heterocycles. The molecule has 2 N–H and O–H groups in total. The number of imidazole rings is 2. The molecule has 0 saturated carbocycles. The number of carbonyl (C=O) groups is 2. The lowest BCUT2D eigenvalue weighted by Gasteiger charge is -2.28. The standard InChI is InChI=1S/2C31H25F5N4O4S/c2*1-31(2)14-43-12-24(31)40-22-8-16(30(41)42)7-20(34)28(22)39-25(40)9-15-6-19(33)17(10-18(15)32)21-4-3-5-26(38-21)44-13-27-37-11-23(45-27)29(35)36/h2*3-8,10-11,24,29H,9,12-14H2,1-2H3,(H,41,42). The van der Waals surface area contributed by atoms with Crippen LogP contribution in [0.5, 0.6) is 11.8 Å². The Labute approximate surface area is 512 Å². The van der Waals surface area contributed by atoms with Gasteiger partial charge in [-0.05, 0) is 71.8 Å². The molecule has 2 unspecified atom stereocenters. The van der Waals surface area contributed by atoms with Crippen molar-refractivity contribution in [3.05, 3.63) is 186 Å². The second-order valence-electron chi connectivity index (χ2n) is 22.5. The zero-order chi connectivity index (χ0) is 64.1. The van der Waals surface area contributed by atoms with Crippen LogP contribution < -0.4 is 9.47 Å². The normalized spacial score (nSPS) is 16.1. The molecule has 0 radical (unpaired) electrons. The lowest BCUT2D eigenvalue weighted by molar-refractivity contribution is 0.0686. The van der Waals surface area contributed by atoms with Crippen LogP contribution in [0.25, 0.3) is 44.6 Å². The molecule has 4 aromatic carbocycles. The Bertz CT molecular complexity index is 4130. The van der Waals surface area contributed by atoms with Gasteiger partial charge < -0.3 is 38.3 Å². The summed E-state index contributed by atoms with van der Waals surface area (Å²) in [5.41, 5.74) is -1.44. The predicted molar refractivity (Wildman–Crippen MR) is 308 cm³/mol. The van der Waals surface area contributed by atoms with E-state index in [2.05, 4.69) is 29.9 Å². The summed E-state index contributed by atoms with van der Waals surface area (Å²) in [6.07, 6.45) is -3.61. The fraction of sp³-hybridized carbons (Fsp3) is 0.290. The van der Waals surface area contributed by atoms with Crippen molar-refractivity contribution in [3.8, 4) is 34.3 Å². The molecule has 2 aliphatic rings. The van der Waals surface area contributed by atoms with E-state index >= 15 is 26.3 Å². The molecule has 12 rings (SSSR count). The molecule has 16 nitrogen and oxygen atoms in total. The monoisotopic (exact) mass is 1290 g/mol. The summed E-state index contributed by atoms with van der Waals surface area (Å²) in [5.74, 6) is -6.89. The zero-order valence-corrected chi connectivity index (χ0v) is 49.4. The van der Waals surface area contributed by atoms with Gasteiger partial charge in [0.05, 0.1) is 81.8 Å². The van der Waals surface area contributed by atoms with Gasteiger partial charge in [-0.1, -0.05) is 39.8 Å². The first kappa shape index (κ1) is 62.7. The van der Waals surface area contributed by atoms with E-state index in [0.717, 1.165) is 71.5 Å². The molecule has 0 bridgehead atoms. The van der Waals surface area contributed by atoms with E-state index in [1.54, 1.807) is 9.13 Å². The van der Waals surface area contributed by atoms with Crippen molar-refractivity contribution < 1.29 is 82.7 Å². The van der Waals surface area contributed by atoms with Crippen LogP contribution in [0.15, 0.2) is 97.3 Å². The Morgan fingerprint density at radius 1 is 0.567 bits per heavy atom. The van der Waals surface area contributed by atoms with Crippen LogP contribution in [0.2, 0.25) is 0 Å². The van der Waals surface area contributed by atoms with Gasteiger partial charge in [0.1, 0.15) is 69.2 Å². The minimum absolute atomic E-state index is 0.0584. The number of rotatable bonds is 18. The van der Waals surface area contributed by atoms with Crippen LogP contribution in [0, 0.1) is 45.7 Å². The Morgan fingerprint density at radius 2 is 0.967 bits per heavy atom. The van der Waals surface area contributed by atoms with E-state index in [1.165, 1.54) is 48.5 Å². The number of aromatic carboxylic acids is 2. The third-order valence-corrected chi connectivity index (χ3v) is 17.2. The minimum Gasteiger partial charge on any atom is -0.478 e. The molecule has 2 fully saturated rings. The highest BCUT2D eigenvalue weighted by Gasteiger charge is 2.41. The van der Waals surface area contributed by atoms with Gasteiger partial charge in [-0.15, -0.1) is 22.7 Å². The molecule has 28 heteroatoms. The van der Waals surface area contributed by atoms with Gasteiger partial charge in [0, 0.05) is 59.3 Å². The van der Waals surface area contributed by atoms with Gasteiger partial charge in [0.25, 0.3) is 12.9 Å². The highest BCUT2D eigenvalue weighted by atomic mass is 32.1. The van der Waals surface area contributed by atoms with Gasteiger partial charge in [-0.25, -0.2) is 83.4 Å². The number of hydrogen-bond acceptors (Lipinski definition) is 14. The Balaban J connectivity index is 0.000000185. The summed E-state index contributed by atoms with van der Waals surface area (Å²) in [6.45, 7) is 8.72. The number of carboxylic acids is 2. The smallest absolute Gasteiger partial charge is 0.335 e. The summed E-state index contributed by atoms with van der Waals surface area (Å²) >= 11 is 1.59. The van der Waals surface area contributed by atoms with E-state index < -0.39 is 70.5 Å². The average molecular weight is 1290 g/mol. The number of benzene rings is 4. The molecule has 0 aliphatic carbocycles. The number of alkyl halides is 4. The molecule has 90 heavy (non-hydrogen) atoms. The van der Waals surface area contributed by atoms with Gasteiger partial charge in [-0.2, -0.15) is 0 Å². The van der Waals surface area contributed by atoms with Crippen molar-refractivity contribution in [2.45, 2.75) is 78.7 Å². The number of halogens is 10. The molecular weight excluding hydrogens is 1240 g/mol. The Morgan fingerprint density at radius 3 is 1.31 bits per heavy atom. The minimum atomic E-state index is -2.65. The van der Waals surface area contributed by atoms with Gasteiger partial charge >= 0.3 is 11.9 Å². The van der Waals surface area contributed by atoms with Crippen molar-refractivity contribution in [1.82, 2.24) is 39.0 Å². The largest absolute Gasteiger partial charge is 0.478 e. The SMILES string of the molecule is CC1(C)COCC1n1c(Cc2cc(F)c(-c3cccc(OCc4ncc(C(F)F)s4)n3)cc2F)nc2c(F)cc(C(=O)O)cc21.CC1(C)COCC1n1c(Cc2cc(F)c(-c3cccc(OCc4ncc(C(F)F)s4)n3)cc2F)nc2c(F)cc(C(=O)O)cc21. The summed E-state index contributed by atoms with van der Waals surface area (Å²) in [5, 5.41) is 19.6. The Kier molecular flexibility index (Phi) is 17.6. The fourth-order valence-corrected chi connectivity index (χ4v) is 12.1. The molecule has 468 valence electrons. The fourth-order valence-electron chi connectivity index (χ4n) is 10.7. The molecular formula is C62H50F10N8O8S2. The maximum Gasteiger partial charge on any atom is 0.335 e. The second-order valence-corrected chi connectivity index (χ2v) is 24.8. The first-order valence-corrected chi connectivity index (χ1v) is 29.1. The number of aromatic nitrogens is 8. The molecule has 2 atom stereocenters. The number of hydrogen-bond donors (Lipinski definition) is 2. The molecule has 6 aromatic heterocycles. The molecule has 0 amide bonds. The van der Waals surface area contributed by atoms with Crippen molar-refractivity contribution >= 4 is 56.7 Å². The number of thiazole rings is 2. The van der Waals surface area contributed by atoms with E-state index in [0.29, 0.717) is 23.2 Å². The lowest BCUT2D eigenvalue weighted by Crippen LogP contribution is -2.27. The molecule has 2 aliphatic heterocycles. The number of pyridine rings is 2. The zero-order valence-electron chi connectivity index (χ0n) is 47.7. The van der Waals surface area contributed by atoms with Gasteiger partial charge in [-0.3, -0.25) is 0 Å². The summed E-state index contributed by atoms with van der Waals surface area (Å²) < 4.78 is 170. The number of carboxylic acid groups (broad SMARTS) is 2. The van der Waals surface area contributed by atoms with E-state index in [9.17, 15) is 37.4 Å². The highest BCUT2D eigenvalue weighted by molar-refractivity contribution is 7.11. The topological polar surface area (TPSA) is 199 Å². The summed E-state index contributed by atoms with van der Waals surface area (Å²) in [4.78, 5) is 48.0. The first-order valence-electron chi connectivity index (χ1n) is 27.5. The van der Waals surface area contributed by atoms with E-state index in [1.807, 2.05) is 27.7 Å². The third-order valence-electron chi connectivity index (χ3n) is 15.3. The second kappa shape index (κ2) is 25.2. The van der Waals surface area contributed by atoms with E-state index in [-0.39, 0.29) is 151 Å². The van der Waals surface area contributed by atoms with Crippen molar-refractivity contribution in [2.75, 3.05) is 26.4 Å². The van der Waals surface area contributed by atoms with Crippen LogP contribution in [0.3, 0.4) is 0 Å². The Hall–Kier alpha value is -8.86. The van der Waals surface area contributed by atoms with Crippen LogP contribution in [-0.2, 0) is 35.5 Å². The summed E-state index contributed by atoms with van der Waals surface area (Å²) in [6, 6.07) is 16.6. The number of ether oxygens (including phenoxy) is 4. The maximum absolute atomic E-state index is 15.6. The third kappa shape index (κ3) is 13.0. The molecule has 10 aromatic rings. The first-order chi connectivity index (χ1) is 42.8. The van der Waals surface area contributed by atoms with Crippen LogP contribution >= 0.6 is 22.7 Å². The quantitative estimate of drug-likeness (QED) is 0.0769. The molecule has 2 saturated heterocycles. The van der Waals surface area contributed by atoms with E-state index in [4.69, 9.17) is 18.9 Å². The van der Waals surface area contributed by atoms with Crippen molar-refractivity contribution in [1.29, 1.82) is 0 Å². The lowest BCUT2D eigenvalue weighted by atomic mass is 9.87.